The lowest BCUT2D eigenvalue weighted by Crippen LogP contribution is -2.35. The quantitative estimate of drug-likeness (QED) is 0.436. The number of carboxylic acids is 1. The molecule has 32 heavy (non-hydrogen) atoms. The van der Waals surface area contributed by atoms with E-state index in [0.29, 0.717) is 5.75 Å². The summed E-state index contributed by atoms with van der Waals surface area (Å²) in [5.74, 6) is 1.37. The first-order valence-electron chi connectivity index (χ1n) is 12.4. The Balaban J connectivity index is 1.54. The molecule has 0 saturated heterocycles. The van der Waals surface area contributed by atoms with Crippen molar-refractivity contribution in [2.75, 3.05) is 24.6 Å². The molecule has 2 aromatic rings. The molecule has 2 fully saturated rings. The van der Waals surface area contributed by atoms with Gasteiger partial charge in [0.05, 0.1) is 0 Å². The first-order valence-corrected chi connectivity index (χ1v) is 13.3. The lowest BCUT2D eigenvalue weighted by Gasteiger charge is -2.35. The van der Waals surface area contributed by atoms with Crippen LogP contribution in [0, 0.1) is 18.8 Å². The molecule has 0 radical (unpaired) electrons. The maximum Gasteiger partial charge on any atom is 0.341 e. The van der Waals surface area contributed by atoms with Gasteiger partial charge in [0.2, 0.25) is 0 Å². The molecule has 174 valence electrons. The number of hydrogen-bond acceptors (Lipinski definition) is 4. The molecule has 4 rings (SSSR count). The molecular formula is C27H37NO3S. The second-order valence-corrected chi connectivity index (χ2v) is 10.6. The molecule has 0 amide bonds. The first-order chi connectivity index (χ1) is 15.6. The molecule has 1 aromatic heterocycles. The van der Waals surface area contributed by atoms with Crippen molar-refractivity contribution in [1.82, 2.24) is 0 Å². The van der Waals surface area contributed by atoms with E-state index in [-0.39, 0.29) is 6.61 Å². The fourth-order valence-electron chi connectivity index (χ4n) is 5.46. The number of carbonyl (C=O) groups is 1. The van der Waals surface area contributed by atoms with Gasteiger partial charge >= 0.3 is 5.97 Å². The fourth-order valence-corrected chi connectivity index (χ4v) is 6.47. The van der Waals surface area contributed by atoms with Crippen LogP contribution < -0.4 is 9.64 Å². The number of anilines is 1. The molecule has 5 heteroatoms. The Morgan fingerprint density at radius 2 is 1.66 bits per heavy atom. The standard InChI is InChI=1S/C27H37NO3S/c1-20-25(31-18-26(29)30)19-32-27(20)23-13-8-14-24(15-23)28(16-21-9-4-2-5-10-21)17-22-11-6-3-7-12-22/h8,13-15,19,21-22H,2-7,9-12,16-18H2,1H3,(H,29,30). The van der Waals surface area contributed by atoms with Gasteiger partial charge in [-0.1, -0.05) is 50.7 Å². The van der Waals surface area contributed by atoms with Crippen molar-refractivity contribution in [1.29, 1.82) is 0 Å². The summed E-state index contributed by atoms with van der Waals surface area (Å²) in [7, 11) is 0. The van der Waals surface area contributed by atoms with Crippen molar-refractivity contribution in [3.63, 3.8) is 0 Å². The Labute approximate surface area is 196 Å². The lowest BCUT2D eigenvalue weighted by atomic mass is 9.86. The van der Waals surface area contributed by atoms with Gasteiger partial charge in [0.15, 0.2) is 6.61 Å². The third kappa shape index (κ3) is 6.06. The summed E-state index contributed by atoms with van der Waals surface area (Å²) in [6, 6.07) is 8.96. The Kier molecular flexibility index (Phi) is 8.12. The molecule has 2 saturated carbocycles. The van der Waals surface area contributed by atoms with E-state index >= 15 is 0 Å². The summed E-state index contributed by atoms with van der Waals surface area (Å²) in [6.45, 7) is 4.08. The van der Waals surface area contributed by atoms with Gasteiger partial charge < -0.3 is 14.7 Å². The van der Waals surface area contributed by atoms with Crippen molar-refractivity contribution in [2.45, 2.75) is 71.1 Å². The van der Waals surface area contributed by atoms with E-state index in [1.54, 1.807) is 11.3 Å². The molecule has 0 unspecified atom stereocenters. The van der Waals surface area contributed by atoms with Crippen molar-refractivity contribution < 1.29 is 14.6 Å². The van der Waals surface area contributed by atoms with Crippen LogP contribution in [0.25, 0.3) is 10.4 Å². The van der Waals surface area contributed by atoms with Gasteiger partial charge in [0.1, 0.15) is 5.75 Å². The van der Waals surface area contributed by atoms with Crippen LogP contribution in [0.5, 0.6) is 5.75 Å². The van der Waals surface area contributed by atoms with E-state index < -0.39 is 5.97 Å². The summed E-state index contributed by atoms with van der Waals surface area (Å²) in [5, 5.41) is 10.9. The average Bonchev–Trinajstić information content (AvgIpc) is 3.19. The van der Waals surface area contributed by atoms with Crippen molar-refractivity contribution in [3.8, 4) is 16.2 Å². The molecule has 4 nitrogen and oxygen atoms in total. The summed E-state index contributed by atoms with van der Waals surface area (Å²) >= 11 is 1.64. The van der Waals surface area contributed by atoms with E-state index in [2.05, 4.69) is 29.2 Å². The molecule has 2 aliphatic carbocycles. The minimum absolute atomic E-state index is 0.298. The molecule has 0 aliphatic heterocycles. The maximum atomic E-state index is 10.9. The number of aliphatic carboxylic acids is 1. The summed E-state index contributed by atoms with van der Waals surface area (Å²) in [5.41, 5.74) is 3.56. The third-order valence-electron chi connectivity index (χ3n) is 7.23. The highest BCUT2D eigenvalue weighted by molar-refractivity contribution is 7.14. The van der Waals surface area contributed by atoms with E-state index in [1.807, 2.05) is 12.3 Å². The van der Waals surface area contributed by atoms with Crippen LogP contribution in [0.2, 0.25) is 0 Å². The van der Waals surface area contributed by atoms with Gasteiger partial charge in [-0.05, 0) is 62.1 Å². The Bertz CT molecular complexity index is 861. The van der Waals surface area contributed by atoms with E-state index in [4.69, 9.17) is 9.84 Å². The van der Waals surface area contributed by atoms with Crippen LogP contribution in [-0.4, -0.2) is 30.8 Å². The number of benzene rings is 1. The molecule has 1 N–H and O–H groups in total. The SMILES string of the molecule is Cc1c(OCC(=O)O)csc1-c1cccc(N(CC2CCCCC2)CC2CCCCC2)c1. The highest BCUT2D eigenvalue weighted by Crippen LogP contribution is 2.39. The van der Waals surface area contributed by atoms with Crippen LogP contribution >= 0.6 is 11.3 Å². The largest absolute Gasteiger partial charge is 0.481 e. The van der Waals surface area contributed by atoms with Crippen LogP contribution in [0.4, 0.5) is 5.69 Å². The van der Waals surface area contributed by atoms with E-state index in [9.17, 15) is 4.79 Å². The molecule has 0 spiro atoms. The topological polar surface area (TPSA) is 49.8 Å². The first kappa shape index (κ1) is 23.2. The number of rotatable bonds is 9. The van der Waals surface area contributed by atoms with Gasteiger partial charge in [0, 0.05) is 34.6 Å². The fraction of sp³-hybridized carbons (Fsp3) is 0.593. The second-order valence-electron chi connectivity index (χ2n) is 9.70. The Morgan fingerprint density at radius 1 is 1.03 bits per heavy atom. The van der Waals surface area contributed by atoms with Crippen molar-refractivity contribution >= 4 is 23.0 Å². The number of ether oxygens (including phenoxy) is 1. The van der Waals surface area contributed by atoms with Crippen molar-refractivity contribution in [2.24, 2.45) is 11.8 Å². The number of carboxylic acid groups (broad SMARTS) is 1. The van der Waals surface area contributed by atoms with Crippen LogP contribution in [-0.2, 0) is 4.79 Å². The van der Waals surface area contributed by atoms with Gasteiger partial charge in [-0.15, -0.1) is 11.3 Å². The predicted molar refractivity (Wildman–Crippen MR) is 133 cm³/mol. The van der Waals surface area contributed by atoms with E-state index in [0.717, 1.165) is 17.4 Å². The van der Waals surface area contributed by atoms with Crippen LogP contribution in [0.15, 0.2) is 29.6 Å². The number of nitrogens with zero attached hydrogens (tertiary/aromatic N) is 1. The van der Waals surface area contributed by atoms with Gasteiger partial charge in [-0.3, -0.25) is 0 Å². The van der Waals surface area contributed by atoms with Crippen LogP contribution in [0.3, 0.4) is 0 Å². The van der Waals surface area contributed by atoms with Crippen LogP contribution in [0.1, 0.15) is 69.8 Å². The molecule has 0 bridgehead atoms. The zero-order chi connectivity index (χ0) is 22.3. The predicted octanol–water partition coefficient (Wildman–Crippen LogP) is 7.15. The zero-order valence-corrected chi connectivity index (χ0v) is 20.2. The molecule has 1 heterocycles. The summed E-state index contributed by atoms with van der Waals surface area (Å²) < 4.78 is 5.48. The number of hydrogen-bond donors (Lipinski definition) is 1. The normalized spacial score (nSPS) is 17.9. The number of thiophene rings is 1. The smallest absolute Gasteiger partial charge is 0.341 e. The maximum absolute atomic E-state index is 10.9. The minimum atomic E-state index is -0.944. The van der Waals surface area contributed by atoms with Gasteiger partial charge in [0.25, 0.3) is 0 Å². The summed E-state index contributed by atoms with van der Waals surface area (Å²) in [6.07, 6.45) is 13.8. The molecule has 1 aromatic carbocycles. The Hall–Kier alpha value is -2.01. The average molecular weight is 456 g/mol. The van der Waals surface area contributed by atoms with Gasteiger partial charge in [-0.25, -0.2) is 4.79 Å². The molecular weight excluding hydrogens is 418 g/mol. The van der Waals surface area contributed by atoms with Gasteiger partial charge in [-0.2, -0.15) is 0 Å². The third-order valence-corrected chi connectivity index (χ3v) is 8.33. The van der Waals surface area contributed by atoms with E-state index in [1.165, 1.54) is 93.4 Å². The minimum Gasteiger partial charge on any atom is -0.481 e. The highest BCUT2D eigenvalue weighted by Gasteiger charge is 2.22. The highest BCUT2D eigenvalue weighted by atomic mass is 32.1. The zero-order valence-electron chi connectivity index (χ0n) is 19.4. The van der Waals surface area contributed by atoms with Crippen molar-refractivity contribution in [3.05, 3.63) is 35.2 Å². The molecule has 0 atom stereocenters. The monoisotopic (exact) mass is 455 g/mol. The Morgan fingerprint density at radius 3 is 2.25 bits per heavy atom. The molecule has 2 aliphatic rings. The lowest BCUT2D eigenvalue weighted by molar-refractivity contribution is -0.139. The summed E-state index contributed by atoms with van der Waals surface area (Å²) in [4.78, 5) is 14.7. The second kappa shape index (κ2) is 11.2.